The van der Waals surface area contributed by atoms with Crippen LogP contribution in [-0.4, -0.2) is 4.57 Å². The van der Waals surface area contributed by atoms with E-state index in [1.165, 1.54) is 0 Å². The number of halogens is 4. The molecule has 0 atom stereocenters. The molecule has 1 aromatic carbocycles. The average molecular weight is 290 g/mol. The second kappa shape index (κ2) is 3.97. The third kappa shape index (κ3) is 2.29. The molecule has 1 heterocycles. The molecule has 0 amide bonds. The van der Waals surface area contributed by atoms with Crippen LogP contribution in [0.1, 0.15) is 5.56 Å². The average Bonchev–Trinajstić information content (AvgIpc) is 2.68. The van der Waals surface area contributed by atoms with Gasteiger partial charge in [0.05, 0.1) is 5.56 Å². The van der Waals surface area contributed by atoms with E-state index in [4.69, 9.17) is 0 Å². The Labute approximate surface area is 98.6 Å². The molecule has 0 aliphatic carbocycles. The summed E-state index contributed by atoms with van der Waals surface area (Å²) in [4.78, 5) is 0. The lowest BCUT2D eigenvalue weighted by Crippen LogP contribution is -2.06. The number of nitrogens with zero attached hydrogens (tertiary/aromatic N) is 1. The zero-order valence-electron chi connectivity index (χ0n) is 8.00. The van der Waals surface area contributed by atoms with Gasteiger partial charge in [-0.05, 0) is 30.3 Å². The van der Waals surface area contributed by atoms with Crippen molar-refractivity contribution in [3.05, 3.63) is 52.8 Å². The van der Waals surface area contributed by atoms with Crippen molar-refractivity contribution in [2.45, 2.75) is 6.18 Å². The van der Waals surface area contributed by atoms with E-state index in [9.17, 15) is 13.2 Å². The van der Waals surface area contributed by atoms with E-state index in [1.54, 1.807) is 35.2 Å². The van der Waals surface area contributed by atoms with Gasteiger partial charge in [0.25, 0.3) is 0 Å². The molecule has 0 fully saturated rings. The van der Waals surface area contributed by atoms with Crippen LogP contribution in [0.25, 0.3) is 5.69 Å². The van der Waals surface area contributed by atoms with E-state index in [0.717, 1.165) is 12.1 Å². The molecule has 0 radical (unpaired) electrons. The quantitative estimate of drug-likeness (QED) is 0.739. The van der Waals surface area contributed by atoms with E-state index in [-0.39, 0.29) is 0 Å². The van der Waals surface area contributed by atoms with Crippen molar-refractivity contribution in [3.8, 4) is 5.69 Å². The van der Waals surface area contributed by atoms with Crippen LogP contribution < -0.4 is 0 Å². The molecule has 84 valence electrons. The summed E-state index contributed by atoms with van der Waals surface area (Å²) in [5.41, 5.74) is -0.183. The molecule has 0 bridgehead atoms. The lowest BCUT2D eigenvalue weighted by molar-refractivity contribution is -0.137. The van der Waals surface area contributed by atoms with Crippen molar-refractivity contribution < 1.29 is 13.2 Å². The third-order valence-corrected chi connectivity index (χ3v) is 2.57. The molecular weight excluding hydrogens is 283 g/mol. The zero-order valence-corrected chi connectivity index (χ0v) is 9.59. The van der Waals surface area contributed by atoms with Crippen molar-refractivity contribution in [1.29, 1.82) is 0 Å². The number of alkyl halides is 3. The Hall–Kier alpha value is -1.23. The van der Waals surface area contributed by atoms with Crippen LogP contribution in [-0.2, 0) is 6.18 Å². The van der Waals surface area contributed by atoms with Gasteiger partial charge < -0.3 is 4.57 Å². The summed E-state index contributed by atoms with van der Waals surface area (Å²) in [6.07, 6.45) is -0.935. The molecule has 0 aliphatic heterocycles. The van der Waals surface area contributed by atoms with E-state index < -0.39 is 11.7 Å². The van der Waals surface area contributed by atoms with Gasteiger partial charge in [0.15, 0.2) is 0 Å². The van der Waals surface area contributed by atoms with Gasteiger partial charge in [0.2, 0.25) is 0 Å². The van der Waals surface area contributed by atoms with Gasteiger partial charge >= 0.3 is 6.18 Å². The Morgan fingerprint density at radius 3 is 2.19 bits per heavy atom. The maximum Gasteiger partial charge on any atom is 0.416 e. The van der Waals surface area contributed by atoms with E-state index in [2.05, 4.69) is 15.9 Å². The fourth-order valence-electron chi connectivity index (χ4n) is 1.39. The van der Waals surface area contributed by atoms with Gasteiger partial charge in [0, 0.05) is 22.6 Å². The van der Waals surface area contributed by atoms with Crippen molar-refractivity contribution >= 4 is 15.9 Å². The summed E-state index contributed by atoms with van der Waals surface area (Å²) in [5, 5.41) is 0. The Bertz CT molecular complexity index is 488. The van der Waals surface area contributed by atoms with Gasteiger partial charge in [-0.2, -0.15) is 13.2 Å². The number of hydrogen-bond acceptors (Lipinski definition) is 0. The first-order valence-corrected chi connectivity index (χ1v) is 5.27. The molecule has 2 rings (SSSR count). The smallest absolute Gasteiger partial charge is 0.324 e. The van der Waals surface area contributed by atoms with Gasteiger partial charge in [0.1, 0.15) is 0 Å². The van der Waals surface area contributed by atoms with Gasteiger partial charge in [-0.3, -0.25) is 0 Å². The first-order chi connectivity index (χ1) is 7.47. The Morgan fingerprint density at radius 1 is 1.00 bits per heavy atom. The van der Waals surface area contributed by atoms with Gasteiger partial charge in [-0.25, -0.2) is 0 Å². The molecule has 0 saturated carbocycles. The maximum absolute atomic E-state index is 12.6. The highest BCUT2D eigenvalue weighted by Crippen LogP contribution is 2.32. The summed E-state index contributed by atoms with van der Waals surface area (Å²) in [5.74, 6) is 0. The highest BCUT2D eigenvalue weighted by atomic mass is 79.9. The number of benzene rings is 1. The second-order valence-electron chi connectivity index (χ2n) is 3.29. The summed E-state index contributed by atoms with van der Waals surface area (Å²) >= 11 is 3.08. The predicted octanol–water partition coefficient (Wildman–Crippen LogP) is 4.26. The largest absolute Gasteiger partial charge is 0.416 e. The summed E-state index contributed by atoms with van der Waals surface area (Å²) in [7, 11) is 0. The second-order valence-corrected chi connectivity index (χ2v) is 4.20. The molecule has 1 aromatic heterocycles. The topological polar surface area (TPSA) is 4.93 Å². The SMILES string of the molecule is FC(F)(F)c1cc(Br)cc(-n2cccc2)c1. The molecule has 5 heteroatoms. The first-order valence-electron chi connectivity index (χ1n) is 4.48. The molecule has 0 spiro atoms. The standard InChI is InChI=1S/C11H7BrF3N/c12-9-5-8(11(13,14)15)6-10(7-9)16-3-1-2-4-16/h1-7H. The molecule has 2 aromatic rings. The van der Waals surface area contributed by atoms with Crippen LogP contribution in [0.3, 0.4) is 0 Å². The lowest BCUT2D eigenvalue weighted by atomic mass is 10.2. The fourth-order valence-corrected chi connectivity index (χ4v) is 1.87. The number of rotatable bonds is 1. The number of hydrogen-bond donors (Lipinski definition) is 0. The first kappa shape index (κ1) is 11.3. The molecule has 0 N–H and O–H groups in total. The summed E-state index contributed by atoms with van der Waals surface area (Å²) in [6, 6.07) is 7.33. The highest BCUT2D eigenvalue weighted by molar-refractivity contribution is 9.10. The van der Waals surface area contributed by atoms with E-state index in [0.29, 0.717) is 10.2 Å². The van der Waals surface area contributed by atoms with Crippen molar-refractivity contribution in [1.82, 2.24) is 4.57 Å². The molecule has 0 unspecified atom stereocenters. The Kier molecular flexibility index (Phi) is 2.80. The minimum atomic E-state index is -4.33. The van der Waals surface area contributed by atoms with Crippen LogP contribution in [0.5, 0.6) is 0 Å². The van der Waals surface area contributed by atoms with E-state index >= 15 is 0 Å². The van der Waals surface area contributed by atoms with E-state index in [1.807, 2.05) is 0 Å². The van der Waals surface area contributed by atoms with Crippen LogP contribution in [0, 0.1) is 0 Å². The minimum absolute atomic E-state index is 0.408. The molecule has 1 nitrogen and oxygen atoms in total. The molecule has 16 heavy (non-hydrogen) atoms. The van der Waals surface area contributed by atoms with Crippen molar-refractivity contribution in [2.75, 3.05) is 0 Å². The maximum atomic E-state index is 12.6. The van der Waals surface area contributed by atoms with Crippen LogP contribution in [0.15, 0.2) is 47.2 Å². The van der Waals surface area contributed by atoms with Crippen molar-refractivity contribution in [2.24, 2.45) is 0 Å². The minimum Gasteiger partial charge on any atom is -0.324 e. The summed E-state index contributed by atoms with van der Waals surface area (Å²) in [6.45, 7) is 0. The fraction of sp³-hybridized carbons (Fsp3) is 0.0909. The predicted molar refractivity (Wildman–Crippen MR) is 58.5 cm³/mol. The molecule has 0 saturated heterocycles. The zero-order chi connectivity index (χ0) is 11.8. The third-order valence-electron chi connectivity index (χ3n) is 2.11. The molecular formula is C11H7BrF3N. The van der Waals surface area contributed by atoms with Crippen LogP contribution in [0.2, 0.25) is 0 Å². The summed E-state index contributed by atoms with van der Waals surface area (Å²) < 4.78 is 39.7. The van der Waals surface area contributed by atoms with Crippen molar-refractivity contribution in [3.63, 3.8) is 0 Å². The highest BCUT2D eigenvalue weighted by Gasteiger charge is 2.31. The van der Waals surface area contributed by atoms with Crippen LogP contribution in [0.4, 0.5) is 13.2 Å². The normalized spacial score (nSPS) is 11.8. The Balaban J connectivity index is 2.53. The Morgan fingerprint density at radius 2 is 1.62 bits per heavy atom. The molecule has 0 aliphatic rings. The lowest BCUT2D eigenvalue weighted by Gasteiger charge is -2.10. The van der Waals surface area contributed by atoms with Gasteiger partial charge in [-0.15, -0.1) is 0 Å². The van der Waals surface area contributed by atoms with Gasteiger partial charge in [-0.1, -0.05) is 15.9 Å². The number of aromatic nitrogens is 1. The monoisotopic (exact) mass is 289 g/mol. The van der Waals surface area contributed by atoms with Crippen LogP contribution >= 0.6 is 15.9 Å².